The van der Waals surface area contributed by atoms with Gasteiger partial charge >= 0.3 is 6.18 Å². The summed E-state index contributed by atoms with van der Waals surface area (Å²) in [6.07, 6.45) is -0.590. The molecule has 0 radical (unpaired) electrons. The minimum Gasteiger partial charge on any atom is -0.360 e. The predicted molar refractivity (Wildman–Crippen MR) is 112 cm³/mol. The summed E-state index contributed by atoms with van der Waals surface area (Å²) in [5, 5.41) is 6.85. The molecule has 0 bridgehead atoms. The van der Waals surface area contributed by atoms with Crippen molar-refractivity contribution in [2.24, 2.45) is 5.73 Å². The number of hydrogen-bond donors (Lipinski definition) is 2. The van der Waals surface area contributed by atoms with Gasteiger partial charge in [0, 0.05) is 35.1 Å². The highest BCUT2D eigenvalue weighted by Crippen LogP contribution is 2.29. The molecule has 0 spiro atoms. The molecule has 0 saturated heterocycles. The van der Waals surface area contributed by atoms with Crippen molar-refractivity contribution in [3.63, 3.8) is 0 Å². The molecule has 154 valence electrons. The minimum absolute atomic E-state index is 0.258. The van der Waals surface area contributed by atoms with Crippen LogP contribution < -0.4 is 11.1 Å². The molecule has 4 rings (SSSR count). The molecule has 1 atom stereocenters. The summed E-state index contributed by atoms with van der Waals surface area (Å²) in [6.45, 7) is 0.457. The van der Waals surface area contributed by atoms with E-state index in [9.17, 15) is 13.2 Å². The maximum atomic E-state index is 12.6. The number of nitrogens with zero attached hydrogens (tertiary/aromatic N) is 3. The molecule has 3 N–H and O–H groups in total. The molecule has 30 heavy (non-hydrogen) atoms. The first-order valence-corrected chi connectivity index (χ1v) is 10.1. The van der Waals surface area contributed by atoms with E-state index in [1.807, 2.05) is 23.6 Å². The second-order valence-electron chi connectivity index (χ2n) is 6.87. The van der Waals surface area contributed by atoms with Crippen molar-refractivity contribution < 1.29 is 13.2 Å². The van der Waals surface area contributed by atoms with Crippen LogP contribution in [-0.2, 0) is 12.6 Å². The van der Waals surface area contributed by atoms with Gasteiger partial charge in [-0.3, -0.25) is 0 Å². The summed E-state index contributed by atoms with van der Waals surface area (Å²) in [5.41, 5.74) is 8.88. The standard InChI is InChI=1S/C21H18F3N5S/c22-21(23,24)16-5-1-13(2-6-16)7-17(25)10-27-20-29-19(11-30-20)14-3-4-15-9-26-12-28-18(15)8-14/h1-6,8-9,11-12,17H,7,10,25H2,(H,27,29)/t17-/m0/s1. The monoisotopic (exact) mass is 429 g/mol. The minimum atomic E-state index is -4.33. The van der Waals surface area contributed by atoms with Crippen molar-refractivity contribution >= 4 is 27.4 Å². The number of anilines is 1. The lowest BCUT2D eigenvalue weighted by Crippen LogP contribution is -2.31. The number of nitrogens with one attached hydrogen (secondary N) is 1. The number of hydrogen-bond acceptors (Lipinski definition) is 6. The summed E-state index contributed by atoms with van der Waals surface area (Å²) in [5.74, 6) is 0. The molecule has 0 fully saturated rings. The normalized spacial score (nSPS) is 12.8. The first-order chi connectivity index (χ1) is 14.4. The molecular weight excluding hydrogens is 411 g/mol. The van der Waals surface area contributed by atoms with Gasteiger partial charge in [0.15, 0.2) is 5.13 Å². The smallest absolute Gasteiger partial charge is 0.360 e. The predicted octanol–water partition coefficient (Wildman–Crippen LogP) is 4.75. The topological polar surface area (TPSA) is 76.7 Å². The number of benzene rings is 2. The van der Waals surface area contributed by atoms with Crippen molar-refractivity contribution in [3.8, 4) is 11.3 Å². The molecule has 0 aliphatic carbocycles. The number of rotatable bonds is 6. The highest BCUT2D eigenvalue weighted by atomic mass is 32.1. The van der Waals surface area contributed by atoms with Crippen LogP contribution in [0.25, 0.3) is 22.2 Å². The summed E-state index contributed by atoms with van der Waals surface area (Å²) in [4.78, 5) is 12.9. The van der Waals surface area contributed by atoms with E-state index < -0.39 is 11.7 Å². The third-order valence-electron chi connectivity index (χ3n) is 4.60. The van der Waals surface area contributed by atoms with Gasteiger partial charge < -0.3 is 11.1 Å². The van der Waals surface area contributed by atoms with Crippen LogP contribution in [0.3, 0.4) is 0 Å². The summed E-state index contributed by atoms with van der Waals surface area (Å²) >= 11 is 1.47. The zero-order valence-electron chi connectivity index (χ0n) is 15.7. The quantitative estimate of drug-likeness (QED) is 0.462. The van der Waals surface area contributed by atoms with Crippen molar-refractivity contribution in [1.82, 2.24) is 15.0 Å². The molecular formula is C21H18F3N5S. The Kier molecular flexibility index (Phi) is 5.65. The number of fused-ring (bicyclic) bond motifs is 1. The Morgan fingerprint density at radius 2 is 1.90 bits per heavy atom. The van der Waals surface area contributed by atoms with E-state index in [0.29, 0.717) is 13.0 Å². The first kappa shape index (κ1) is 20.2. The average molecular weight is 429 g/mol. The lowest BCUT2D eigenvalue weighted by atomic mass is 10.0. The Morgan fingerprint density at radius 1 is 1.10 bits per heavy atom. The van der Waals surface area contributed by atoms with Crippen LogP contribution in [0.1, 0.15) is 11.1 Å². The van der Waals surface area contributed by atoms with Crippen LogP contribution in [0.2, 0.25) is 0 Å². The lowest BCUT2D eigenvalue weighted by Gasteiger charge is -2.13. The summed E-state index contributed by atoms with van der Waals surface area (Å²) in [6, 6.07) is 10.7. The van der Waals surface area contributed by atoms with Gasteiger partial charge in [-0.1, -0.05) is 24.3 Å². The maximum absolute atomic E-state index is 12.6. The number of halogens is 3. The second kappa shape index (κ2) is 8.37. The maximum Gasteiger partial charge on any atom is 0.416 e. The molecule has 0 aliphatic heterocycles. The Labute approximate surface area is 174 Å². The van der Waals surface area contributed by atoms with Gasteiger partial charge in [0.05, 0.1) is 16.8 Å². The van der Waals surface area contributed by atoms with Crippen molar-refractivity contribution in [2.75, 3.05) is 11.9 Å². The van der Waals surface area contributed by atoms with E-state index in [2.05, 4.69) is 20.3 Å². The van der Waals surface area contributed by atoms with E-state index in [0.717, 1.165) is 45.0 Å². The number of alkyl halides is 3. The first-order valence-electron chi connectivity index (χ1n) is 9.20. The fourth-order valence-electron chi connectivity index (χ4n) is 3.04. The molecule has 0 unspecified atom stereocenters. The Morgan fingerprint density at radius 3 is 2.67 bits per heavy atom. The highest BCUT2D eigenvalue weighted by molar-refractivity contribution is 7.14. The molecule has 0 aliphatic rings. The van der Waals surface area contributed by atoms with Gasteiger partial charge in [-0.15, -0.1) is 11.3 Å². The molecule has 5 nitrogen and oxygen atoms in total. The molecule has 0 saturated carbocycles. The molecule has 2 aromatic carbocycles. The van der Waals surface area contributed by atoms with Crippen LogP contribution in [0.5, 0.6) is 0 Å². The van der Waals surface area contributed by atoms with Gasteiger partial charge in [-0.25, -0.2) is 15.0 Å². The second-order valence-corrected chi connectivity index (χ2v) is 7.73. The highest BCUT2D eigenvalue weighted by Gasteiger charge is 2.29. The van der Waals surface area contributed by atoms with Crippen LogP contribution >= 0.6 is 11.3 Å². The lowest BCUT2D eigenvalue weighted by molar-refractivity contribution is -0.137. The van der Waals surface area contributed by atoms with Gasteiger partial charge in [0.2, 0.25) is 0 Å². The van der Waals surface area contributed by atoms with E-state index in [1.54, 1.807) is 6.20 Å². The average Bonchev–Trinajstić information content (AvgIpc) is 3.21. The Hall–Kier alpha value is -3.04. The van der Waals surface area contributed by atoms with E-state index >= 15 is 0 Å². The van der Waals surface area contributed by atoms with Gasteiger partial charge in [0.1, 0.15) is 6.33 Å². The van der Waals surface area contributed by atoms with Crippen molar-refractivity contribution in [2.45, 2.75) is 18.6 Å². The van der Waals surface area contributed by atoms with Crippen LogP contribution in [0, 0.1) is 0 Å². The fourth-order valence-corrected chi connectivity index (χ4v) is 3.77. The third kappa shape index (κ3) is 4.74. The molecule has 9 heteroatoms. The van der Waals surface area contributed by atoms with E-state index in [4.69, 9.17) is 5.73 Å². The number of nitrogens with two attached hydrogens (primary N) is 1. The molecule has 2 aromatic heterocycles. The zero-order valence-corrected chi connectivity index (χ0v) is 16.5. The molecule has 2 heterocycles. The van der Waals surface area contributed by atoms with Gasteiger partial charge in [0.25, 0.3) is 0 Å². The Balaban J connectivity index is 1.35. The van der Waals surface area contributed by atoms with Crippen LogP contribution in [0.4, 0.5) is 18.3 Å². The van der Waals surface area contributed by atoms with E-state index in [1.165, 1.54) is 29.8 Å². The Bertz CT molecular complexity index is 1140. The largest absolute Gasteiger partial charge is 0.416 e. The van der Waals surface area contributed by atoms with Gasteiger partial charge in [-0.2, -0.15) is 13.2 Å². The van der Waals surface area contributed by atoms with Crippen molar-refractivity contribution in [1.29, 1.82) is 0 Å². The summed E-state index contributed by atoms with van der Waals surface area (Å²) < 4.78 is 37.9. The zero-order chi connectivity index (χ0) is 21.1. The fraction of sp³-hybridized carbons (Fsp3) is 0.190. The summed E-state index contributed by atoms with van der Waals surface area (Å²) in [7, 11) is 0. The SMILES string of the molecule is N[C@H](CNc1nc(-c2ccc3cncnc3c2)cs1)Cc1ccc(C(F)(F)F)cc1. The number of aromatic nitrogens is 3. The van der Waals surface area contributed by atoms with Gasteiger partial charge in [-0.05, 0) is 30.2 Å². The van der Waals surface area contributed by atoms with Crippen LogP contribution in [-0.4, -0.2) is 27.5 Å². The number of thiazole rings is 1. The third-order valence-corrected chi connectivity index (χ3v) is 5.40. The molecule has 0 amide bonds. The van der Waals surface area contributed by atoms with Crippen molar-refractivity contribution in [3.05, 3.63) is 71.5 Å². The van der Waals surface area contributed by atoms with E-state index in [-0.39, 0.29) is 6.04 Å². The molecule has 4 aromatic rings. The van der Waals surface area contributed by atoms with Crippen LogP contribution in [0.15, 0.2) is 60.4 Å².